The van der Waals surface area contributed by atoms with Crippen LogP contribution in [0.5, 0.6) is 0 Å². The number of esters is 2. The molecule has 0 aromatic carbocycles. The van der Waals surface area contributed by atoms with E-state index in [0.717, 1.165) is 57.8 Å². The van der Waals surface area contributed by atoms with Gasteiger partial charge in [0.15, 0.2) is 6.10 Å². The van der Waals surface area contributed by atoms with Crippen molar-refractivity contribution in [2.24, 2.45) is 0 Å². The lowest BCUT2D eigenvalue weighted by Crippen LogP contribution is -2.64. The van der Waals surface area contributed by atoms with E-state index in [1.165, 1.54) is 135 Å². The number of aliphatic hydroxyl groups excluding tert-OH is 5. The Labute approximate surface area is 394 Å². The molecule has 0 aliphatic heterocycles. The number of allylic oxidation sites excluding steroid dienone is 4. The molecular weight excluding hydrogens is 852 g/mol. The first kappa shape index (κ1) is 61.3. The van der Waals surface area contributed by atoms with Crippen molar-refractivity contribution in [1.29, 1.82) is 0 Å². The second kappa shape index (κ2) is 41.3. The number of carbonyl (C=O) groups excluding carboxylic acids is 2. The van der Waals surface area contributed by atoms with E-state index in [-0.39, 0.29) is 12.8 Å². The number of unbranched alkanes of at least 4 members (excludes halogenated alkanes) is 28. The van der Waals surface area contributed by atoms with Gasteiger partial charge in [0.25, 0.3) is 0 Å². The lowest BCUT2D eigenvalue weighted by atomic mass is 9.85. The summed E-state index contributed by atoms with van der Waals surface area (Å²) in [7, 11) is -5.12. The van der Waals surface area contributed by atoms with Crippen LogP contribution in [0.15, 0.2) is 24.3 Å². The van der Waals surface area contributed by atoms with Crippen LogP contribution in [0.1, 0.15) is 232 Å². The zero-order valence-electron chi connectivity index (χ0n) is 40.8. The molecule has 1 saturated carbocycles. The topological polar surface area (TPSA) is 210 Å². The second-order valence-electron chi connectivity index (χ2n) is 18.4. The maximum Gasteiger partial charge on any atom is 0.472 e. The first-order chi connectivity index (χ1) is 31.4. The minimum Gasteiger partial charge on any atom is -0.462 e. The summed E-state index contributed by atoms with van der Waals surface area (Å²) >= 11 is 0. The molecule has 1 fully saturated rings. The van der Waals surface area contributed by atoms with Gasteiger partial charge in [0.2, 0.25) is 0 Å². The van der Waals surface area contributed by atoms with Gasteiger partial charge in [-0.1, -0.05) is 199 Å². The lowest BCUT2D eigenvalue weighted by Gasteiger charge is -2.41. The van der Waals surface area contributed by atoms with Crippen LogP contribution in [0.2, 0.25) is 0 Å². The molecule has 0 bridgehead atoms. The van der Waals surface area contributed by atoms with E-state index in [1.807, 2.05) is 0 Å². The number of rotatable bonds is 44. The summed E-state index contributed by atoms with van der Waals surface area (Å²) in [5, 5.41) is 50.3. The van der Waals surface area contributed by atoms with Gasteiger partial charge in [-0.05, 0) is 44.9 Å². The molecule has 0 saturated heterocycles. The molecule has 0 heterocycles. The lowest BCUT2D eigenvalue weighted by molar-refractivity contribution is -0.220. The molecule has 0 aromatic rings. The van der Waals surface area contributed by atoms with Crippen molar-refractivity contribution >= 4 is 19.8 Å². The van der Waals surface area contributed by atoms with E-state index in [1.54, 1.807) is 0 Å². The van der Waals surface area contributed by atoms with Crippen LogP contribution in [0.25, 0.3) is 0 Å². The molecule has 0 radical (unpaired) electrons. The first-order valence-corrected chi connectivity index (χ1v) is 27.6. The van der Waals surface area contributed by atoms with Gasteiger partial charge in [-0.3, -0.25) is 18.6 Å². The van der Waals surface area contributed by atoms with E-state index in [0.29, 0.717) is 12.8 Å². The summed E-state index contributed by atoms with van der Waals surface area (Å²) in [6.45, 7) is 3.32. The number of phosphoric ester groups is 1. The third kappa shape index (κ3) is 33.5. The van der Waals surface area contributed by atoms with Gasteiger partial charge in [-0.15, -0.1) is 0 Å². The molecule has 1 aliphatic carbocycles. The zero-order chi connectivity index (χ0) is 47.8. The largest absolute Gasteiger partial charge is 0.472 e. The standard InChI is InChI=1S/C51H95O13P/c1-3-5-7-9-11-13-15-17-19-20-21-22-23-24-26-28-30-32-34-36-38-40-45(53)63-43(42-62-65(59,60)64-51-49(57)47(55)46(54)48(56)50(51)58)41-61-44(52)39-37-35-33-31-29-27-25-18-16-14-12-10-8-6-4-2/h15,17,20-21,43,46-51,54-58H,3-14,16,18-19,22-42H2,1-2H3,(H,59,60)/b17-15-,21-20-. The van der Waals surface area contributed by atoms with Gasteiger partial charge in [0, 0.05) is 12.8 Å². The van der Waals surface area contributed by atoms with Gasteiger partial charge in [-0.2, -0.15) is 0 Å². The Morgan fingerprint density at radius 2 is 0.831 bits per heavy atom. The average molecular weight is 947 g/mol. The van der Waals surface area contributed by atoms with Crippen molar-refractivity contribution < 1.29 is 63.1 Å². The summed E-state index contributed by atoms with van der Waals surface area (Å²) in [6.07, 6.45) is 33.6. The van der Waals surface area contributed by atoms with Gasteiger partial charge in [0.1, 0.15) is 43.2 Å². The number of phosphoric acid groups is 1. The van der Waals surface area contributed by atoms with E-state index >= 15 is 0 Å². The number of aliphatic hydroxyl groups is 5. The Balaban J connectivity index is 2.38. The van der Waals surface area contributed by atoms with Crippen LogP contribution < -0.4 is 0 Å². The molecule has 0 amide bonds. The predicted molar refractivity (Wildman–Crippen MR) is 258 cm³/mol. The van der Waals surface area contributed by atoms with Gasteiger partial charge < -0.3 is 39.9 Å². The monoisotopic (exact) mass is 947 g/mol. The van der Waals surface area contributed by atoms with Crippen LogP contribution in [-0.2, 0) is 32.7 Å². The molecule has 0 aromatic heterocycles. The van der Waals surface area contributed by atoms with Crippen LogP contribution in [0.4, 0.5) is 0 Å². The van der Waals surface area contributed by atoms with Crippen LogP contribution in [0.3, 0.4) is 0 Å². The van der Waals surface area contributed by atoms with E-state index in [4.69, 9.17) is 18.5 Å². The molecule has 14 heteroatoms. The van der Waals surface area contributed by atoms with Crippen molar-refractivity contribution in [3.8, 4) is 0 Å². The Morgan fingerprint density at radius 1 is 0.477 bits per heavy atom. The van der Waals surface area contributed by atoms with Gasteiger partial charge in [0.05, 0.1) is 6.61 Å². The SMILES string of the molecule is CCCCCCC/C=C\C/C=C\CCCCCCCCCCCC(=O)OC(COC(=O)CCCCCCCCCCCCCCCCC)COP(=O)(O)OC1C(O)C(O)C(O)C(O)C1O. The molecular formula is C51H95O13P. The minimum absolute atomic E-state index is 0.0950. The maximum absolute atomic E-state index is 12.8. The van der Waals surface area contributed by atoms with Gasteiger partial charge in [-0.25, -0.2) is 4.57 Å². The van der Waals surface area contributed by atoms with Crippen molar-refractivity contribution in [1.82, 2.24) is 0 Å². The molecule has 6 atom stereocenters. The summed E-state index contributed by atoms with van der Waals surface area (Å²) in [6, 6.07) is 0. The number of ether oxygens (including phenoxy) is 2. The zero-order valence-corrected chi connectivity index (χ0v) is 41.7. The fourth-order valence-electron chi connectivity index (χ4n) is 8.08. The van der Waals surface area contributed by atoms with Crippen LogP contribution in [-0.4, -0.2) is 98.3 Å². The first-order valence-electron chi connectivity index (χ1n) is 26.1. The highest BCUT2D eigenvalue weighted by atomic mass is 31.2. The summed E-state index contributed by atoms with van der Waals surface area (Å²) in [4.78, 5) is 35.8. The van der Waals surface area contributed by atoms with E-state index in [9.17, 15) is 44.6 Å². The highest BCUT2D eigenvalue weighted by Crippen LogP contribution is 2.47. The van der Waals surface area contributed by atoms with E-state index < -0.39 is 75.7 Å². The molecule has 0 spiro atoms. The second-order valence-corrected chi connectivity index (χ2v) is 19.8. The van der Waals surface area contributed by atoms with Crippen molar-refractivity contribution in [2.45, 2.75) is 275 Å². The third-order valence-corrected chi connectivity index (χ3v) is 13.3. The number of hydrogen-bond donors (Lipinski definition) is 6. The third-order valence-electron chi connectivity index (χ3n) is 12.3. The molecule has 1 aliphatic rings. The summed E-state index contributed by atoms with van der Waals surface area (Å²) < 4.78 is 33.6. The normalized spacial score (nSPS) is 21.5. The Kier molecular flexibility index (Phi) is 39.0. The quantitative estimate of drug-likeness (QED) is 0.0146. The molecule has 6 N–H and O–H groups in total. The fourth-order valence-corrected chi connectivity index (χ4v) is 9.06. The fraction of sp³-hybridized carbons (Fsp3) is 0.882. The average Bonchev–Trinajstić information content (AvgIpc) is 3.29. The Morgan fingerprint density at radius 3 is 1.25 bits per heavy atom. The highest BCUT2D eigenvalue weighted by Gasteiger charge is 2.51. The molecule has 13 nitrogen and oxygen atoms in total. The molecule has 1 rings (SSSR count). The van der Waals surface area contributed by atoms with Crippen molar-refractivity contribution in [2.75, 3.05) is 13.2 Å². The smallest absolute Gasteiger partial charge is 0.462 e. The maximum atomic E-state index is 12.8. The molecule has 65 heavy (non-hydrogen) atoms. The van der Waals surface area contributed by atoms with Crippen molar-refractivity contribution in [3.63, 3.8) is 0 Å². The highest BCUT2D eigenvalue weighted by molar-refractivity contribution is 7.47. The minimum atomic E-state index is -5.12. The number of hydrogen-bond acceptors (Lipinski definition) is 12. The number of carbonyl (C=O) groups is 2. The van der Waals surface area contributed by atoms with Gasteiger partial charge >= 0.3 is 19.8 Å². The summed E-state index contributed by atoms with van der Waals surface area (Å²) in [5.41, 5.74) is 0. The van der Waals surface area contributed by atoms with E-state index in [2.05, 4.69) is 38.2 Å². The predicted octanol–water partition coefficient (Wildman–Crippen LogP) is 11.2. The van der Waals surface area contributed by atoms with Crippen LogP contribution in [0, 0.1) is 0 Å². The Bertz CT molecular complexity index is 1230. The van der Waals surface area contributed by atoms with Crippen molar-refractivity contribution in [3.05, 3.63) is 24.3 Å². The molecule has 6 unspecified atom stereocenters. The summed E-state index contributed by atoms with van der Waals surface area (Å²) in [5.74, 6) is -1.09. The molecule has 382 valence electrons. The Hall–Kier alpha value is -1.67. The van der Waals surface area contributed by atoms with Crippen LogP contribution >= 0.6 is 7.82 Å².